The number of carboxylic acid groups (broad SMARTS) is 1. The summed E-state index contributed by atoms with van der Waals surface area (Å²) in [5.74, 6) is -2.92. The second-order valence-corrected chi connectivity index (χ2v) is 8.65. The van der Waals surface area contributed by atoms with Gasteiger partial charge < -0.3 is 10.2 Å². The van der Waals surface area contributed by atoms with Gasteiger partial charge in [-0.25, -0.2) is 0 Å². The molecule has 172 valence electrons. The average Bonchev–Trinajstić information content (AvgIpc) is 3.06. The van der Waals surface area contributed by atoms with E-state index in [0.717, 1.165) is 11.1 Å². The van der Waals surface area contributed by atoms with Crippen LogP contribution in [0.3, 0.4) is 0 Å². The Bertz CT molecular complexity index is 1340. The largest absolute Gasteiger partial charge is 0.507 e. The molecule has 0 aliphatic carbocycles. The van der Waals surface area contributed by atoms with Crippen molar-refractivity contribution in [1.82, 2.24) is 0 Å². The van der Waals surface area contributed by atoms with E-state index < -0.39 is 23.7 Å². The first kappa shape index (κ1) is 23.3. The number of rotatable bonds is 5. The average molecular weight is 476 g/mol. The van der Waals surface area contributed by atoms with E-state index in [0.29, 0.717) is 16.8 Å². The lowest BCUT2D eigenvalue weighted by Gasteiger charge is -2.27. The summed E-state index contributed by atoms with van der Waals surface area (Å²) in [6, 6.07) is 17.8. The first-order valence-electron chi connectivity index (χ1n) is 10.6. The zero-order valence-corrected chi connectivity index (χ0v) is 19.3. The highest BCUT2D eigenvalue weighted by molar-refractivity contribution is 6.52. The number of anilines is 1. The van der Waals surface area contributed by atoms with Crippen LogP contribution in [0.4, 0.5) is 5.69 Å². The van der Waals surface area contributed by atoms with Gasteiger partial charge in [-0.3, -0.25) is 19.3 Å². The number of nitrogens with zero attached hydrogens (tertiary/aromatic N) is 1. The fraction of sp³-hybridized carbons (Fsp3) is 0.148. The van der Waals surface area contributed by atoms with Crippen molar-refractivity contribution in [3.8, 4) is 0 Å². The van der Waals surface area contributed by atoms with Gasteiger partial charge in [-0.05, 0) is 54.8 Å². The maximum Gasteiger partial charge on any atom is 0.307 e. The van der Waals surface area contributed by atoms with Crippen molar-refractivity contribution in [2.24, 2.45) is 0 Å². The highest BCUT2D eigenvalue weighted by Crippen LogP contribution is 2.44. The molecule has 0 radical (unpaired) electrons. The number of carbonyl (C=O) groups is 3. The molecule has 0 saturated carbocycles. The van der Waals surface area contributed by atoms with Gasteiger partial charge in [0.2, 0.25) is 0 Å². The molecule has 1 heterocycles. The summed E-state index contributed by atoms with van der Waals surface area (Å²) in [5.41, 5.74) is 3.65. The summed E-state index contributed by atoms with van der Waals surface area (Å²) in [6.45, 7) is 3.78. The van der Waals surface area contributed by atoms with Crippen LogP contribution in [0.15, 0.2) is 72.3 Å². The van der Waals surface area contributed by atoms with E-state index >= 15 is 0 Å². The van der Waals surface area contributed by atoms with E-state index in [4.69, 9.17) is 16.7 Å². The van der Waals surface area contributed by atoms with Gasteiger partial charge >= 0.3 is 5.97 Å². The smallest absolute Gasteiger partial charge is 0.307 e. The van der Waals surface area contributed by atoms with E-state index in [9.17, 15) is 19.5 Å². The second kappa shape index (κ2) is 9.15. The number of benzene rings is 3. The number of Topliss-reactive ketones (excluding diaryl/α,β-unsaturated/α-hetero) is 1. The number of hydrogen-bond donors (Lipinski definition) is 2. The Balaban J connectivity index is 1.94. The van der Waals surface area contributed by atoms with E-state index in [1.807, 2.05) is 32.0 Å². The minimum atomic E-state index is -0.969. The monoisotopic (exact) mass is 475 g/mol. The quantitative estimate of drug-likeness (QED) is 0.300. The SMILES string of the molecule is Cc1ccc(C)c(C2/C(=C(\O)c3ccccc3Cl)C(=O)C(=O)N2c2ccc(CC(=O)O)cc2)c1. The summed E-state index contributed by atoms with van der Waals surface area (Å²) >= 11 is 6.29. The normalized spacial score (nSPS) is 17.3. The van der Waals surface area contributed by atoms with Crippen LogP contribution in [0.25, 0.3) is 5.76 Å². The van der Waals surface area contributed by atoms with Crippen LogP contribution >= 0.6 is 11.6 Å². The van der Waals surface area contributed by atoms with E-state index in [-0.39, 0.29) is 28.3 Å². The highest BCUT2D eigenvalue weighted by Gasteiger charge is 2.47. The van der Waals surface area contributed by atoms with Crippen LogP contribution in [0.5, 0.6) is 0 Å². The van der Waals surface area contributed by atoms with Gasteiger partial charge in [-0.15, -0.1) is 0 Å². The fourth-order valence-corrected chi connectivity index (χ4v) is 4.42. The molecular weight excluding hydrogens is 454 g/mol. The maximum atomic E-state index is 13.3. The number of ketones is 1. The lowest BCUT2D eigenvalue weighted by atomic mass is 9.91. The van der Waals surface area contributed by atoms with Crippen molar-refractivity contribution >= 4 is 40.7 Å². The molecule has 1 aliphatic rings. The number of aliphatic hydroxyl groups excluding tert-OH is 1. The molecular formula is C27H22ClNO5. The first-order valence-corrected chi connectivity index (χ1v) is 11.0. The van der Waals surface area contributed by atoms with Crippen molar-refractivity contribution in [2.45, 2.75) is 26.3 Å². The number of carboxylic acids is 1. The molecule has 1 saturated heterocycles. The molecule has 3 aromatic carbocycles. The van der Waals surface area contributed by atoms with Gasteiger partial charge in [0.25, 0.3) is 11.7 Å². The van der Waals surface area contributed by atoms with Gasteiger partial charge in [0.1, 0.15) is 5.76 Å². The van der Waals surface area contributed by atoms with Crippen LogP contribution in [0.2, 0.25) is 5.02 Å². The topological polar surface area (TPSA) is 94.9 Å². The third-order valence-electron chi connectivity index (χ3n) is 5.87. The molecule has 1 unspecified atom stereocenters. The molecule has 1 fully saturated rings. The number of carbonyl (C=O) groups excluding carboxylic acids is 2. The predicted molar refractivity (Wildman–Crippen MR) is 130 cm³/mol. The molecule has 7 heteroatoms. The third kappa shape index (κ3) is 4.20. The molecule has 1 amide bonds. The van der Waals surface area contributed by atoms with Crippen molar-refractivity contribution < 1.29 is 24.6 Å². The molecule has 34 heavy (non-hydrogen) atoms. The molecule has 1 atom stereocenters. The van der Waals surface area contributed by atoms with E-state index in [2.05, 4.69) is 0 Å². The highest BCUT2D eigenvalue weighted by atomic mass is 35.5. The molecule has 4 rings (SSSR count). The second-order valence-electron chi connectivity index (χ2n) is 8.25. The summed E-state index contributed by atoms with van der Waals surface area (Å²) in [4.78, 5) is 38.9. The molecule has 0 bridgehead atoms. The Morgan fingerprint density at radius 2 is 1.65 bits per heavy atom. The number of aliphatic hydroxyl groups is 1. The predicted octanol–water partition coefficient (Wildman–Crippen LogP) is 5.21. The third-order valence-corrected chi connectivity index (χ3v) is 6.20. The minimum Gasteiger partial charge on any atom is -0.507 e. The van der Waals surface area contributed by atoms with E-state index in [1.54, 1.807) is 48.5 Å². The van der Waals surface area contributed by atoms with Crippen LogP contribution in [-0.4, -0.2) is 27.9 Å². The summed E-state index contributed by atoms with van der Waals surface area (Å²) in [7, 11) is 0. The van der Waals surface area contributed by atoms with Crippen molar-refractivity contribution in [1.29, 1.82) is 0 Å². The molecule has 1 aliphatic heterocycles. The van der Waals surface area contributed by atoms with Gasteiger partial charge in [-0.2, -0.15) is 0 Å². The molecule has 2 N–H and O–H groups in total. The van der Waals surface area contributed by atoms with Gasteiger partial charge in [-0.1, -0.05) is 59.6 Å². The lowest BCUT2D eigenvalue weighted by molar-refractivity contribution is -0.136. The van der Waals surface area contributed by atoms with Crippen LogP contribution in [0, 0.1) is 13.8 Å². The van der Waals surface area contributed by atoms with Crippen molar-refractivity contribution in [3.63, 3.8) is 0 Å². The lowest BCUT2D eigenvalue weighted by Crippen LogP contribution is -2.29. The van der Waals surface area contributed by atoms with Crippen LogP contribution in [-0.2, 0) is 20.8 Å². The zero-order valence-electron chi connectivity index (χ0n) is 18.6. The van der Waals surface area contributed by atoms with Gasteiger partial charge in [0.15, 0.2) is 0 Å². The van der Waals surface area contributed by atoms with Gasteiger partial charge in [0, 0.05) is 11.3 Å². The molecule has 0 spiro atoms. The summed E-state index contributed by atoms with van der Waals surface area (Å²) in [5, 5.41) is 20.5. The Morgan fingerprint density at radius 3 is 2.29 bits per heavy atom. The zero-order chi connectivity index (χ0) is 24.6. The van der Waals surface area contributed by atoms with Gasteiger partial charge in [0.05, 0.1) is 23.1 Å². The first-order chi connectivity index (χ1) is 16.2. The van der Waals surface area contributed by atoms with Crippen molar-refractivity contribution in [3.05, 3.63) is 105 Å². The number of hydrogen-bond acceptors (Lipinski definition) is 4. The van der Waals surface area contributed by atoms with Crippen LogP contribution < -0.4 is 4.90 Å². The van der Waals surface area contributed by atoms with Crippen LogP contribution in [0.1, 0.15) is 33.9 Å². The Kier molecular flexibility index (Phi) is 6.26. The molecule has 3 aromatic rings. The number of halogens is 1. The fourth-order valence-electron chi connectivity index (χ4n) is 4.19. The van der Waals surface area contributed by atoms with Crippen molar-refractivity contribution in [2.75, 3.05) is 4.90 Å². The molecule has 0 aromatic heterocycles. The Morgan fingerprint density at radius 1 is 0.971 bits per heavy atom. The Labute approximate surface area is 201 Å². The minimum absolute atomic E-state index is 0.0542. The summed E-state index contributed by atoms with van der Waals surface area (Å²) < 4.78 is 0. The Hall–Kier alpha value is -3.90. The summed E-state index contributed by atoms with van der Waals surface area (Å²) in [6.07, 6.45) is -0.161. The molecule has 6 nitrogen and oxygen atoms in total. The standard InChI is InChI=1S/C27H22ClNO5/c1-15-7-8-16(2)20(13-15)24-23(25(32)19-5-3-4-6-21(19)28)26(33)27(34)29(24)18-11-9-17(10-12-18)14-22(30)31/h3-13,24,32H,14H2,1-2H3,(H,30,31)/b25-23+. The number of amides is 1. The van der Waals surface area contributed by atoms with E-state index in [1.165, 1.54) is 4.90 Å². The number of aryl methyl sites for hydroxylation is 2. The maximum absolute atomic E-state index is 13.3. The number of aliphatic carboxylic acids is 1.